The van der Waals surface area contributed by atoms with Gasteiger partial charge in [0.1, 0.15) is 5.58 Å². The Hall–Kier alpha value is -2.93. The molecule has 0 aliphatic carbocycles. The lowest BCUT2D eigenvalue weighted by Gasteiger charge is -2.22. The molecule has 0 saturated heterocycles. The summed E-state index contributed by atoms with van der Waals surface area (Å²) in [4.78, 5) is 0. The Morgan fingerprint density at radius 3 is 1.62 bits per heavy atom. The van der Waals surface area contributed by atoms with Gasteiger partial charge in [0.15, 0.2) is 5.50 Å². The van der Waals surface area contributed by atoms with E-state index in [-0.39, 0.29) is 0 Å². The topological polar surface area (TPSA) is 13.1 Å². The van der Waals surface area contributed by atoms with Crippen LogP contribution in [0.3, 0.4) is 0 Å². The fraction of sp³-hybridized carbons (Fsp3) is 0. The molecule has 0 amide bonds. The van der Waals surface area contributed by atoms with Crippen molar-refractivity contribution in [1.29, 1.82) is 0 Å². The molecule has 0 unspecified atom stereocenters. The molecule has 0 aliphatic heterocycles. The molecule has 5 aromatic rings. The molecule has 1 heterocycles. The summed E-state index contributed by atoms with van der Waals surface area (Å²) in [5.41, 5.74) is 4.02. The van der Waals surface area contributed by atoms with Gasteiger partial charge in [0.05, 0.1) is 6.04 Å². The second-order valence-corrected chi connectivity index (χ2v) is 11.2. The van der Waals surface area contributed by atoms with E-state index >= 15 is 0 Å². The van der Waals surface area contributed by atoms with Crippen molar-refractivity contribution in [3.05, 3.63) is 115 Å². The zero-order chi connectivity index (χ0) is 19.7. The molecule has 0 aliphatic rings. The largest absolute Gasteiger partial charge is 0.454 e. The Bertz CT molecular complexity index is 1260. The van der Waals surface area contributed by atoms with E-state index < -0.39 is 6.04 Å². The standard InChI is InChI=1S/C26H19OPS/c29-28(21-14-6-2-7-15-21,22-16-8-3-9-17-22)26-25(20-12-4-1-5-13-20)23-18-10-11-19-24(23)27-26/h1-19H. The van der Waals surface area contributed by atoms with Crippen LogP contribution in [-0.4, -0.2) is 0 Å². The third-order valence-corrected chi connectivity index (χ3v) is 9.86. The first kappa shape index (κ1) is 18.1. The van der Waals surface area contributed by atoms with Crippen LogP contribution in [0.4, 0.5) is 0 Å². The average Bonchev–Trinajstić information content (AvgIpc) is 3.20. The van der Waals surface area contributed by atoms with E-state index in [2.05, 4.69) is 84.9 Å². The van der Waals surface area contributed by atoms with Crippen LogP contribution in [0.2, 0.25) is 0 Å². The fourth-order valence-electron chi connectivity index (χ4n) is 3.80. The first-order valence-corrected chi connectivity index (χ1v) is 12.4. The van der Waals surface area contributed by atoms with E-state index in [0.29, 0.717) is 0 Å². The summed E-state index contributed by atoms with van der Waals surface area (Å²) in [7, 11) is 0. The molecule has 0 fully saturated rings. The van der Waals surface area contributed by atoms with Crippen LogP contribution in [-0.2, 0) is 11.8 Å². The van der Waals surface area contributed by atoms with Crippen molar-refractivity contribution in [2.45, 2.75) is 0 Å². The Kier molecular flexibility index (Phi) is 4.67. The quantitative estimate of drug-likeness (QED) is 0.345. The maximum atomic E-state index is 6.57. The van der Waals surface area contributed by atoms with Crippen LogP contribution in [0.25, 0.3) is 22.1 Å². The van der Waals surface area contributed by atoms with Gasteiger partial charge in [0.25, 0.3) is 0 Å². The normalized spacial score (nSPS) is 11.6. The molecule has 0 bridgehead atoms. The molecule has 29 heavy (non-hydrogen) atoms. The van der Waals surface area contributed by atoms with Crippen molar-refractivity contribution in [1.82, 2.24) is 0 Å². The molecule has 4 aromatic carbocycles. The van der Waals surface area contributed by atoms with Crippen LogP contribution in [0.1, 0.15) is 0 Å². The van der Waals surface area contributed by atoms with E-state index in [1.165, 1.54) is 0 Å². The second kappa shape index (κ2) is 7.48. The number of furan rings is 1. The lowest BCUT2D eigenvalue weighted by atomic mass is 10.1. The Morgan fingerprint density at radius 1 is 0.552 bits per heavy atom. The molecule has 0 radical (unpaired) electrons. The molecular weight excluding hydrogens is 391 g/mol. The summed E-state index contributed by atoms with van der Waals surface area (Å²) < 4.78 is 6.57. The van der Waals surface area contributed by atoms with Gasteiger partial charge in [-0.2, -0.15) is 0 Å². The monoisotopic (exact) mass is 410 g/mol. The van der Waals surface area contributed by atoms with Gasteiger partial charge in [0.2, 0.25) is 0 Å². The lowest BCUT2D eigenvalue weighted by molar-refractivity contribution is 0.655. The van der Waals surface area contributed by atoms with Crippen LogP contribution >= 0.6 is 6.04 Å². The Labute approximate surface area is 175 Å². The van der Waals surface area contributed by atoms with Crippen LogP contribution in [0.15, 0.2) is 120 Å². The highest BCUT2D eigenvalue weighted by Gasteiger charge is 2.32. The highest BCUT2D eigenvalue weighted by Crippen LogP contribution is 2.48. The molecule has 0 atom stereocenters. The van der Waals surface area contributed by atoms with Gasteiger partial charge < -0.3 is 4.42 Å². The minimum atomic E-state index is -2.39. The summed E-state index contributed by atoms with van der Waals surface area (Å²) in [5.74, 6) is 0. The molecule has 1 nitrogen and oxygen atoms in total. The number of benzene rings is 4. The Balaban J connectivity index is 1.91. The summed E-state index contributed by atoms with van der Waals surface area (Å²) in [6.07, 6.45) is 0. The van der Waals surface area contributed by atoms with E-state index in [0.717, 1.165) is 38.2 Å². The van der Waals surface area contributed by atoms with Crippen molar-refractivity contribution in [2.24, 2.45) is 0 Å². The van der Waals surface area contributed by atoms with Crippen LogP contribution < -0.4 is 16.1 Å². The average molecular weight is 410 g/mol. The number of hydrogen-bond acceptors (Lipinski definition) is 2. The van der Waals surface area contributed by atoms with Crippen LogP contribution in [0, 0.1) is 0 Å². The van der Waals surface area contributed by atoms with Gasteiger partial charge in [-0.1, -0.05) is 121 Å². The highest BCUT2D eigenvalue weighted by molar-refractivity contribution is 8.25. The van der Waals surface area contributed by atoms with Crippen LogP contribution in [0.5, 0.6) is 0 Å². The zero-order valence-electron chi connectivity index (χ0n) is 15.7. The first-order valence-electron chi connectivity index (χ1n) is 9.57. The molecule has 0 saturated carbocycles. The van der Waals surface area contributed by atoms with Crippen molar-refractivity contribution in [3.8, 4) is 11.1 Å². The summed E-state index contributed by atoms with van der Waals surface area (Å²) >= 11 is 6.55. The SMILES string of the molecule is S=P(c1ccccc1)(c1ccccc1)c1oc2ccccc2c1-c1ccccc1. The summed E-state index contributed by atoms with van der Waals surface area (Å²) in [6, 6.07) is 37.1. The lowest BCUT2D eigenvalue weighted by Crippen LogP contribution is -2.25. The molecule has 0 spiro atoms. The van der Waals surface area contributed by atoms with Gasteiger partial charge >= 0.3 is 0 Å². The van der Waals surface area contributed by atoms with E-state index in [1.54, 1.807) is 0 Å². The number of hydrogen-bond donors (Lipinski definition) is 0. The first-order chi connectivity index (χ1) is 14.3. The highest BCUT2D eigenvalue weighted by atomic mass is 32.4. The van der Waals surface area contributed by atoms with E-state index in [1.807, 2.05) is 30.3 Å². The van der Waals surface area contributed by atoms with Crippen molar-refractivity contribution >= 4 is 44.9 Å². The smallest absolute Gasteiger partial charge is 0.153 e. The third kappa shape index (κ3) is 3.06. The third-order valence-electron chi connectivity index (χ3n) is 5.16. The van der Waals surface area contributed by atoms with Crippen molar-refractivity contribution in [3.63, 3.8) is 0 Å². The van der Waals surface area contributed by atoms with Gasteiger partial charge in [-0.3, -0.25) is 0 Å². The van der Waals surface area contributed by atoms with E-state index in [4.69, 9.17) is 16.2 Å². The van der Waals surface area contributed by atoms with Crippen molar-refractivity contribution < 1.29 is 4.42 Å². The van der Waals surface area contributed by atoms with Gasteiger partial charge in [0, 0.05) is 10.9 Å². The predicted octanol–water partition coefficient (Wildman–Crippen LogP) is 5.86. The molecule has 0 N–H and O–H groups in total. The van der Waals surface area contributed by atoms with Gasteiger partial charge in [-0.15, -0.1) is 0 Å². The molecule has 3 heteroatoms. The minimum absolute atomic E-state index is 0.877. The number of para-hydroxylation sites is 1. The number of rotatable bonds is 4. The van der Waals surface area contributed by atoms with Crippen molar-refractivity contribution in [2.75, 3.05) is 0 Å². The zero-order valence-corrected chi connectivity index (χ0v) is 17.4. The molecular formula is C26H19OPS. The minimum Gasteiger partial charge on any atom is -0.454 e. The number of fused-ring (bicyclic) bond motifs is 1. The second-order valence-electron chi connectivity index (χ2n) is 6.92. The maximum absolute atomic E-state index is 6.57. The maximum Gasteiger partial charge on any atom is 0.153 e. The van der Waals surface area contributed by atoms with Gasteiger partial charge in [-0.25, -0.2) is 0 Å². The fourth-order valence-corrected chi connectivity index (χ4v) is 7.66. The summed E-state index contributed by atoms with van der Waals surface area (Å²) in [5, 5.41) is 3.38. The molecule has 1 aromatic heterocycles. The van der Waals surface area contributed by atoms with Gasteiger partial charge in [-0.05, 0) is 22.2 Å². The molecule has 5 rings (SSSR count). The Morgan fingerprint density at radius 2 is 1.03 bits per heavy atom. The molecule has 140 valence electrons. The predicted molar refractivity (Wildman–Crippen MR) is 128 cm³/mol. The van der Waals surface area contributed by atoms with E-state index in [9.17, 15) is 0 Å². The summed E-state index contributed by atoms with van der Waals surface area (Å²) in [6.45, 7) is 0.